The van der Waals surface area contributed by atoms with Gasteiger partial charge in [0.15, 0.2) is 5.82 Å². The molecule has 0 saturated carbocycles. The van der Waals surface area contributed by atoms with E-state index >= 15 is 0 Å². The van der Waals surface area contributed by atoms with Crippen molar-refractivity contribution in [3.8, 4) is 5.75 Å². The van der Waals surface area contributed by atoms with Crippen molar-refractivity contribution < 1.29 is 14.1 Å². The van der Waals surface area contributed by atoms with Crippen LogP contribution < -0.4 is 9.64 Å². The van der Waals surface area contributed by atoms with Gasteiger partial charge in [-0.1, -0.05) is 0 Å². The summed E-state index contributed by atoms with van der Waals surface area (Å²) in [6.45, 7) is 2.72. The van der Waals surface area contributed by atoms with Crippen LogP contribution in [-0.4, -0.2) is 50.2 Å². The van der Waals surface area contributed by atoms with Crippen LogP contribution in [0.2, 0.25) is 0 Å². The van der Waals surface area contributed by atoms with Crippen molar-refractivity contribution >= 4 is 27.3 Å². The normalized spacial score (nSPS) is 16.3. The highest BCUT2D eigenvalue weighted by atomic mass is 79.9. The molecule has 2 rings (SSSR count). The Bertz CT molecular complexity index is 533. The van der Waals surface area contributed by atoms with Crippen molar-refractivity contribution in [3.63, 3.8) is 0 Å². The number of nitro benzene ring substituents is 1. The molecule has 0 amide bonds. The molecular weight excluding hydrogens is 333 g/mol. The van der Waals surface area contributed by atoms with Crippen molar-refractivity contribution in [2.75, 3.05) is 45.2 Å². The highest BCUT2D eigenvalue weighted by Gasteiger charge is 2.30. The number of rotatable bonds is 3. The summed E-state index contributed by atoms with van der Waals surface area (Å²) in [6, 6.07) is 1.13. The number of piperazine rings is 1. The van der Waals surface area contributed by atoms with Gasteiger partial charge in [0.05, 0.1) is 16.5 Å². The van der Waals surface area contributed by atoms with E-state index in [0.29, 0.717) is 13.1 Å². The third-order valence-electron chi connectivity index (χ3n) is 3.35. The van der Waals surface area contributed by atoms with Crippen molar-refractivity contribution in [1.29, 1.82) is 0 Å². The van der Waals surface area contributed by atoms with Crippen molar-refractivity contribution in [2.45, 2.75) is 0 Å². The van der Waals surface area contributed by atoms with Crippen molar-refractivity contribution in [1.82, 2.24) is 4.90 Å². The summed E-state index contributed by atoms with van der Waals surface area (Å²) < 4.78 is 19.5. The minimum Gasteiger partial charge on any atom is -0.489 e. The number of hydrogen-bond acceptors (Lipinski definition) is 5. The number of nitrogens with zero attached hydrogens (tertiary/aromatic N) is 3. The zero-order valence-corrected chi connectivity index (χ0v) is 12.8. The SMILES string of the molecule is COc1c([N+](=O)[O-])cc(Br)c(F)c1N1CCN(C)CC1. The summed E-state index contributed by atoms with van der Waals surface area (Å²) in [5, 5.41) is 11.1. The fraction of sp³-hybridized carbons (Fsp3) is 0.500. The molecule has 0 N–H and O–H groups in total. The quantitative estimate of drug-likeness (QED) is 0.620. The van der Waals surface area contributed by atoms with E-state index in [4.69, 9.17) is 4.74 Å². The second kappa shape index (κ2) is 5.92. The van der Waals surface area contributed by atoms with Gasteiger partial charge in [-0.3, -0.25) is 10.1 Å². The Kier molecular flexibility index (Phi) is 4.44. The summed E-state index contributed by atoms with van der Waals surface area (Å²) in [7, 11) is 3.30. The molecule has 1 aliphatic heterocycles. The molecule has 110 valence electrons. The Balaban J connectivity index is 2.52. The zero-order valence-electron chi connectivity index (χ0n) is 11.2. The molecule has 0 aromatic heterocycles. The summed E-state index contributed by atoms with van der Waals surface area (Å²) in [4.78, 5) is 14.4. The fourth-order valence-corrected chi connectivity index (χ4v) is 2.64. The van der Waals surface area contributed by atoms with Crippen LogP contribution in [0, 0.1) is 15.9 Å². The Morgan fingerprint density at radius 2 is 2.00 bits per heavy atom. The van der Waals surface area contributed by atoms with Gasteiger partial charge >= 0.3 is 5.69 Å². The predicted molar refractivity (Wildman–Crippen MR) is 77.0 cm³/mol. The summed E-state index contributed by atoms with van der Waals surface area (Å²) >= 11 is 3.03. The van der Waals surface area contributed by atoms with Crippen LogP contribution >= 0.6 is 15.9 Å². The number of methoxy groups -OCH3 is 1. The lowest BCUT2D eigenvalue weighted by Crippen LogP contribution is -2.45. The molecular formula is C12H15BrFN3O3. The lowest BCUT2D eigenvalue weighted by atomic mass is 10.2. The van der Waals surface area contributed by atoms with E-state index in [2.05, 4.69) is 20.8 Å². The van der Waals surface area contributed by atoms with Gasteiger partial charge in [0.1, 0.15) is 5.69 Å². The predicted octanol–water partition coefficient (Wildman–Crippen LogP) is 2.26. The van der Waals surface area contributed by atoms with Crippen LogP contribution in [0.25, 0.3) is 0 Å². The average Bonchev–Trinajstić information content (AvgIpc) is 2.42. The van der Waals surface area contributed by atoms with Gasteiger partial charge in [-0.25, -0.2) is 4.39 Å². The van der Waals surface area contributed by atoms with Gasteiger partial charge in [-0.2, -0.15) is 0 Å². The number of halogens is 2. The highest BCUT2D eigenvalue weighted by molar-refractivity contribution is 9.10. The lowest BCUT2D eigenvalue weighted by Gasteiger charge is -2.34. The first-order chi connectivity index (χ1) is 9.45. The summed E-state index contributed by atoms with van der Waals surface area (Å²) in [6.07, 6.45) is 0. The molecule has 0 radical (unpaired) electrons. The molecule has 1 aromatic carbocycles. The van der Waals surface area contributed by atoms with Crippen LogP contribution in [0.4, 0.5) is 15.8 Å². The molecule has 0 aliphatic carbocycles. The molecule has 0 atom stereocenters. The van der Waals surface area contributed by atoms with Gasteiger partial charge in [0.2, 0.25) is 5.75 Å². The third-order valence-corrected chi connectivity index (χ3v) is 3.93. The molecule has 8 heteroatoms. The molecule has 0 spiro atoms. The lowest BCUT2D eigenvalue weighted by molar-refractivity contribution is -0.385. The van der Waals surface area contributed by atoms with Gasteiger partial charge in [0, 0.05) is 32.2 Å². The Labute approximate surface area is 124 Å². The molecule has 1 saturated heterocycles. The first kappa shape index (κ1) is 15.0. The van der Waals surface area contributed by atoms with Gasteiger partial charge in [0.25, 0.3) is 0 Å². The number of benzene rings is 1. The molecule has 0 bridgehead atoms. The minimum atomic E-state index is -0.567. The number of anilines is 1. The van der Waals surface area contributed by atoms with Crippen molar-refractivity contribution in [2.24, 2.45) is 0 Å². The molecule has 1 aromatic rings. The highest BCUT2D eigenvalue weighted by Crippen LogP contribution is 2.43. The van der Waals surface area contributed by atoms with E-state index in [1.54, 1.807) is 4.90 Å². The maximum atomic E-state index is 14.4. The number of hydrogen-bond donors (Lipinski definition) is 0. The summed E-state index contributed by atoms with van der Waals surface area (Å²) in [5.74, 6) is -0.558. The van der Waals surface area contributed by atoms with E-state index in [0.717, 1.165) is 19.2 Å². The van der Waals surface area contributed by atoms with Crippen LogP contribution in [-0.2, 0) is 0 Å². The topological polar surface area (TPSA) is 58.9 Å². The minimum absolute atomic E-state index is 0.0275. The maximum absolute atomic E-state index is 14.4. The van der Waals surface area contributed by atoms with Gasteiger partial charge < -0.3 is 14.5 Å². The van der Waals surface area contributed by atoms with Crippen molar-refractivity contribution in [3.05, 3.63) is 26.5 Å². The van der Waals surface area contributed by atoms with Crippen LogP contribution in [0.15, 0.2) is 10.5 Å². The zero-order chi connectivity index (χ0) is 14.9. The third kappa shape index (κ3) is 2.71. The average molecular weight is 348 g/mol. The Hall–Kier alpha value is -1.41. The van der Waals surface area contributed by atoms with E-state index in [-0.39, 0.29) is 21.6 Å². The first-order valence-corrected chi connectivity index (χ1v) is 6.89. The monoisotopic (exact) mass is 347 g/mol. The molecule has 1 aliphatic rings. The second-order valence-electron chi connectivity index (χ2n) is 4.62. The Morgan fingerprint density at radius 3 is 2.50 bits per heavy atom. The number of nitro groups is 1. The fourth-order valence-electron chi connectivity index (χ4n) is 2.23. The Morgan fingerprint density at radius 1 is 1.40 bits per heavy atom. The standard InChI is InChI=1S/C12H15BrFN3O3/c1-15-3-5-16(6-4-15)11-10(14)8(13)7-9(17(18)19)12(11)20-2/h7H,3-6H2,1-2H3. The molecule has 1 heterocycles. The smallest absolute Gasteiger partial charge is 0.314 e. The molecule has 1 fully saturated rings. The number of likely N-dealkylation sites (N-methyl/N-ethyl adjacent to an activating group) is 1. The van der Waals surface area contributed by atoms with Crippen LogP contribution in [0.1, 0.15) is 0 Å². The first-order valence-electron chi connectivity index (χ1n) is 6.09. The van der Waals surface area contributed by atoms with E-state index in [9.17, 15) is 14.5 Å². The van der Waals surface area contributed by atoms with Gasteiger partial charge in [-0.15, -0.1) is 0 Å². The van der Waals surface area contributed by atoms with Gasteiger partial charge in [-0.05, 0) is 23.0 Å². The largest absolute Gasteiger partial charge is 0.489 e. The van der Waals surface area contributed by atoms with E-state index in [1.165, 1.54) is 7.11 Å². The molecule has 0 unspecified atom stereocenters. The second-order valence-corrected chi connectivity index (χ2v) is 5.48. The van der Waals surface area contributed by atoms with E-state index in [1.807, 2.05) is 7.05 Å². The van der Waals surface area contributed by atoms with E-state index < -0.39 is 10.7 Å². The van der Waals surface area contributed by atoms with Crippen LogP contribution in [0.5, 0.6) is 5.75 Å². The van der Waals surface area contributed by atoms with Crippen LogP contribution in [0.3, 0.4) is 0 Å². The maximum Gasteiger partial charge on any atom is 0.314 e. The molecule has 6 nitrogen and oxygen atoms in total. The number of ether oxygens (including phenoxy) is 1. The molecule has 20 heavy (non-hydrogen) atoms. The summed E-state index contributed by atoms with van der Waals surface area (Å²) in [5.41, 5.74) is -0.0867.